The zero-order valence-corrected chi connectivity index (χ0v) is 13.5. The Morgan fingerprint density at radius 3 is 2.55 bits per heavy atom. The Morgan fingerprint density at radius 1 is 1.30 bits per heavy atom. The number of nitrogens with one attached hydrogen (secondary N) is 1. The van der Waals surface area contributed by atoms with E-state index >= 15 is 0 Å². The maximum Gasteiger partial charge on any atom is 0.122 e. The van der Waals surface area contributed by atoms with Gasteiger partial charge in [0.05, 0.1) is 12.8 Å². The normalized spacial score (nSPS) is 25.5. The standard InChI is InChI=1S/C16H29N3O/c1-12(2)17-8-16-15(6-7-20-16)11-19-9-13(3)18(5)14(4)10-19/h6-7,12-14,17H,8-11H2,1-5H3. The zero-order valence-electron chi connectivity index (χ0n) is 13.5. The van der Waals surface area contributed by atoms with Crippen LogP contribution in [0.25, 0.3) is 0 Å². The van der Waals surface area contributed by atoms with Gasteiger partial charge in [0.25, 0.3) is 0 Å². The van der Waals surface area contributed by atoms with E-state index < -0.39 is 0 Å². The highest BCUT2D eigenvalue weighted by Gasteiger charge is 2.26. The molecule has 2 unspecified atom stereocenters. The topological polar surface area (TPSA) is 31.7 Å². The van der Waals surface area contributed by atoms with Gasteiger partial charge in [-0.1, -0.05) is 13.8 Å². The molecule has 0 radical (unpaired) electrons. The van der Waals surface area contributed by atoms with Crippen molar-refractivity contribution < 1.29 is 4.42 Å². The van der Waals surface area contributed by atoms with Gasteiger partial charge in [-0.2, -0.15) is 0 Å². The van der Waals surface area contributed by atoms with Crippen LogP contribution >= 0.6 is 0 Å². The summed E-state index contributed by atoms with van der Waals surface area (Å²) in [5.74, 6) is 1.08. The number of hydrogen-bond donors (Lipinski definition) is 1. The van der Waals surface area contributed by atoms with Crippen LogP contribution < -0.4 is 5.32 Å². The molecule has 0 bridgehead atoms. The van der Waals surface area contributed by atoms with Crippen molar-refractivity contribution in [3.05, 3.63) is 23.7 Å². The molecule has 0 aromatic carbocycles. The van der Waals surface area contributed by atoms with Crippen LogP contribution in [0.15, 0.2) is 16.7 Å². The Balaban J connectivity index is 1.95. The van der Waals surface area contributed by atoms with Crippen LogP contribution in [-0.2, 0) is 13.1 Å². The van der Waals surface area contributed by atoms with Gasteiger partial charge in [-0.3, -0.25) is 9.80 Å². The minimum atomic E-state index is 0.483. The summed E-state index contributed by atoms with van der Waals surface area (Å²) in [5.41, 5.74) is 1.32. The molecule has 1 aromatic heterocycles. The number of nitrogens with zero attached hydrogens (tertiary/aromatic N) is 2. The molecule has 114 valence electrons. The number of furan rings is 1. The molecule has 1 saturated heterocycles. The molecule has 4 heteroatoms. The fraction of sp³-hybridized carbons (Fsp3) is 0.750. The summed E-state index contributed by atoms with van der Waals surface area (Å²) in [6.07, 6.45) is 1.82. The van der Waals surface area contributed by atoms with E-state index in [1.165, 1.54) is 5.56 Å². The van der Waals surface area contributed by atoms with Gasteiger partial charge in [0.1, 0.15) is 5.76 Å². The largest absolute Gasteiger partial charge is 0.468 e. The quantitative estimate of drug-likeness (QED) is 0.896. The lowest BCUT2D eigenvalue weighted by molar-refractivity contribution is 0.0553. The summed E-state index contributed by atoms with van der Waals surface area (Å²) in [6.45, 7) is 13.0. The van der Waals surface area contributed by atoms with Crippen molar-refractivity contribution in [2.75, 3.05) is 20.1 Å². The molecule has 0 saturated carbocycles. The summed E-state index contributed by atoms with van der Waals surface area (Å²) < 4.78 is 5.63. The average molecular weight is 279 g/mol. The van der Waals surface area contributed by atoms with Gasteiger partial charge in [0, 0.05) is 43.3 Å². The van der Waals surface area contributed by atoms with Crippen LogP contribution in [0.5, 0.6) is 0 Å². The monoisotopic (exact) mass is 279 g/mol. The van der Waals surface area contributed by atoms with Crippen molar-refractivity contribution in [3.8, 4) is 0 Å². The lowest BCUT2D eigenvalue weighted by Crippen LogP contribution is -2.54. The smallest absolute Gasteiger partial charge is 0.122 e. The summed E-state index contributed by atoms with van der Waals surface area (Å²) in [4.78, 5) is 5.01. The Kier molecular flexibility index (Phi) is 5.24. The van der Waals surface area contributed by atoms with Crippen molar-refractivity contribution in [1.82, 2.24) is 15.1 Å². The summed E-state index contributed by atoms with van der Waals surface area (Å²) in [6, 6.07) is 3.83. The van der Waals surface area contributed by atoms with Crippen LogP contribution in [0.2, 0.25) is 0 Å². The van der Waals surface area contributed by atoms with Crippen LogP contribution in [0.4, 0.5) is 0 Å². The Morgan fingerprint density at radius 2 is 1.95 bits per heavy atom. The first-order valence-corrected chi connectivity index (χ1v) is 7.70. The maximum atomic E-state index is 5.63. The third-order valence-electron chi connectivity index (χ3n) is 4.34. The summed E-state index contributed by atoms with van der Waals surface area (Å²) in [5, 5.41) is 3.43. The van der Waals surface area contributed by atoms with Gasteiger partial charge in [-0.15, -0.1) is 0 Å². The molecule has 0 spiro atoms. The molecule has 4 nitrogen and oxygen atoms in total. The van der Waals surface area contributed by atoms with Crippen molar-refractivity contribution in [2.45, 2.75) is 58.9 Å². The highest BCUT2D eigenvalue weighted by Crippen LogP contribution is 2.19. The Labute approximate surface area is 123 Å². The van der Waals surface area contributed by atoms with E-state index in [2.05, 4.69) is 55.9 Å². The van der Waals surface area contributed by atoms with Crippen molar-refractivity contribution in [1.29, 1.82) is 0 Å². The molecular weight excluding hydrogens is 250 g/mol. The van der Waals surface area contributed by atoms with Crippen LogP contribution in [0.3, 0.4) is 0 Å². The number of likely N-dealkylation sites (N-methyl/N-ethyl adjacent to an activating group) is 1. The molecule has 1 fully saturated rings. The first-order valence-electron chi connectivity index (χ1n) is 7.70. The SMILES string of the molecule is CC(C)NCc1occc1CN1CC(C)N(C)C(C)C1. The predicted molar refractivity (Wildman–Crippen MR) is 82.6 cm³/mol. The van der Waals surface area contributed by atoms with E-state index in [4.69, 9.17) is 4.42 Å². The fourth-order valence-corrected chi connectivity index (χ4v) is 2.84. The number of hydrogen-bond acceptors (Lipinski definition) is 4. The molecule has 20 heavy (non-hydrogen) atoms. The lowest BCUT2D eigenvalue weighted by Gasteiger charge is -2.42. The second-order valence-electron chi connectivity index (χ2n) is 6.46. The zero-order chi connectivity index (χ0) is 14.7. The first-order chi connectivity index (χ1) is 9.47. The van der Waals surface area contributed by atoms with Crippen LogP contribution in [0, 0.1) is 0 Å². The fourth-order valence-electron chi connectivity index (χ4n) is 2.84. The average Bonchev–Trinajstić information content (AvgIpc) is 2.80. The van der Waals surface area contributed by atoms with Crippen molar-refractivity contribution in [3.63, 3.8) is 0 Å². The van der Waals surface area contributed by atoms with Crippen LogP contribution in [0.1, 0.15) is 39.0 Å². The molecule has 2 atom stereocenters. The minimum absolute atomic E-state index is 0.483. The van der Waals surface area contributed by atoms with E-state index in [-0.39, 0.29) is 0 Å². The van der Waals surface area contributed by atoms with Crippen molar-refractivity contribution in [2.24, 2.45) is 0 Å². The summed E-state index contributed by atoms with van der Waals surface area (Å²) >= 11 is 0. The molecular formula is C16H29N3O. The molecule has 1 N–H and O–H groups in total. The van der Waals surface area contributed by atoms with Gasteiger partial charge in [-0.05, 0) is 27.0 Å². The van der Waals surface area contributed by atoms with E-state index in [9.17, 15) is 0 Å². The predicted octanol–water partition coefficient (Wildman–Crippen LogP) is 2.30. The molecule has 0 aliphatic carbocycles. The highest BCUT2D eigenvalue weighted by atomic mass is 16.3. The van der Waals surface area contributed by atoms with E-state index in [1.54, 1.807) is 0 Å². The maximum absolute atomic E-state index is 5.63. The third-order valence-corrected chi connectivity index (χ3v) is 4.34. The second kappa shape index (κ2) is 6.74. The molecule has 1 aromatic rings. The third kappa shape index (κ3) is 3.84. The van der Waals surface area contributed by atoms with Gasteiger partial charge in [0.15, 0.2) is 0 Å². The van der Waals surface area contributed by atoms with Gasteiger partial charge in [-0.25, -0.2) is 0 Å². The molecule has 0 amide bonds. The summed E-state index contributed by atoms with van der Waals surface area (Å²) in [7, 11) is 2.22. The lowest BCUT2D eigenvalue weighted by atomic mass is 10.1. The van der Waals surface area contributed by atoms with E-state index in [1.807, 2.05) is 6.26 Å². The van der Waals surface area contributed by atoms with Gasteiger partial charge < -0.3 is 9.73 Å². The van der Waals surface area contributed by atoms with Crippen LogP contribution in [-0.4, -0.2) is 48.1 Å². The number of rotatable bonds is 5. The van der Waals surface area contributed by atoms with Crippen molar-refractivity contribution >= 4 is 0 Å². The molecule has 2 heterocycles. The second-order valence-corrected chi connectivity index (χ2v) is 6.46. The van der Waals surface area contributed by atoms with Gasteiger partial charge >= 0.3 is 0 Å². The molecule has 2 rings (SSSR count). The Bertz CT molecular complexity index is 404. The van der Waals surface area contributed by atoms with Gasteiger partial charge in [0.2, 0.25) is 0 Å². The highest BCUT2D eigenvalue weighted by molar-refractivity contribution is 5.17. The molecule has 1 aliphatic heterocycles. The number of piperazine rings is 1. The van der Waals surface area contributed by atoms with E-state index in [0.717, 1.165) is 31.9 Å². The minimum Gasteiger partial charge on any atom is -0.468 e. The first kappa shape index (κ1) is 15.5. The van der Waals surface area contributed by atoms with E-state index in [0.29, 0.717) is 18.1 Å². The Hall–Kier alpha value is -0.840. The molecule has 1 aliphatic rings.